The Hall–Kier alpha value is -2.39. The van der Waals surface area contributed by atoms with Crippen molar-refractivity contribution in [3.8, 4) is 6.07 Å². The number of piperazine rings is 1. The van der Waals surface area contributed by atoms with Gasteiger partial charge in [0, 0.05) is 6.54 Å². The highest BCUT2D eigenvalue weighted by Crippen LogP contribution is 2.24. The first-order chi connectivity index (χ1) is 10.1. The zero-order valence-electron chi connectivity index (χ0n) is 12.1. The smallest absolute Gasteiger partial charge is 0.249 e. The third-order valence-electron chi connectivity index (χ3n) is 3.49. The second-order valence-electron chi connectivity index (χ2n) is 4.96. The van der Waals surface area contributed by atoms with E-state index in [1.807, 2.05) is 13.0 Å². The zero-order chi connectivity index (χ0) is 15.4. The number of imide groups is 1. The summed E-state index contributed by atoms with van der Waals surface area (Å²) in [6, 6.07) is 7.17. The first-order valence-electron chi connectivity index (χ1n) is 6.91. The van der Waals surface area contributed by atoms with Gasteiger partial charge >= 0.3 is 0 Å². The van der Waals surface area contributed by atoms with Gasteiger partial charge in [0.15, 0.2) is 0 Å². The molecule has 1 aliphatic heterocycles. The summed E-state index contributed by atoms with van der Waals surface area (Å²) in [5.74, 6) is -0.689. The van der Waals surface area contributed by atoms with E-state index in [9.17, 15) is 14.9 Å². The van der Waals surface area contributed by atoms with Crippen LogP contribution >= 0.6 is 0 Å². The average molecular weight is 286 g/mol. The summed E-state index contributed by atoms with van der Waals surface area (Å²) in [6.07, 6.45) is 0. The minimum Gasteiger partial charge on any atom is -0.349 e. The second kappa shape index (κ2) is 6.37. The summed E-state index contributed by atoms with van der Waals surface area (Å²) in [5.41, 5.74) is 2.09. The molecule has 1 aliphatic rings. The van der Waals surface area contributed by atoms with E-state index in [1.165, 1.54) is 0 Å². The normalized spacial score (nSPS) is 18.3. The van der Waals surface area contributed by atoms with E-state index in [0.29, 0.717) is 17.8 Å². The van der Waals surface area contributed by atoms with Gasteiger partial charge in [-0.3, -0.25) is 14.9 Å². The molecule has 1 atom stereocenters. The van der Waals surface area contributed by atoms with E-state index in [4.69, 9.17) is 0 Å². The molecule has 1 fully saturated rings. The number of carbonyl (C=O) groups is 2. The highest BCUT2D eigenvalue weighted by molar-refractivity contribution is 6.04. The van der Waals surface area contributed by atoms with Crippen molar-refractivity contribution in [2.24, 2.45) is 0 Å². The quantitative estimate of drug-likeness (QED) is 0.788. The lowest BCUT2D eigenvalue weighted by atomic mass is 10.1. The van der Waals surface area contributed by atoms with E-state index >= 15 is 0 Å². The van der Waals surface area contributed by atoms with Crippen molar-refractivity contribution in [3.63, 3.8) is 0 Å². The number of amides is 2. The van der Waals surface area contributed by atoms with Crippen LogP contribution < -0.4 is 15.5 Å². The first kappa shape index (κ1) is 15.0. The number of rotatable bonds is 4. The monoisotopic (exact) mass is 286 g/mol. The Morgan fingerprint density at radius 1 is 1.48 bits per heavy atom. The molecule has 21 heavy (non-hydrogen) atoms. The lowest BCUT2D eigenvalue weighted by molar-refractivity contribution is -0.132. The molecule has 110 valence electrons. The minimum absolute atomic E-state index is 0.0775. The van der Waals surface area contributed by atoms with Crippen LogP contribution in [0.15, 0.2) is 18.2 Å². The van der Waals surface area contributed by atoms with Crippen molar-refractivity contribution < 1.29 is 9.59 Å². The molecule has 1 aromatic carbocycles. The van der Waals surface area contributed by atoms with Gasteiger partial charge in [0.05, 0.1) is 17.8 Å². The molecule has 2 amide bonds. The average Bonchev–Trinajstić information content (AvgIpc) is 2.48. The van der Waals surface area contributed by atoms with E-state index in [2.05, 4.69) is 16.7 Å². The number of anilines is 1. The fourth-order valence-corrected chi connectivity index (χ4v) is 2.31. The molecule has 1 heterocycles. The lowest BCUT2D eigenvalue weighted by Gasteiger charge is -2.34. The summed E-state index contributed by atoms with van der Waals surface area (Å²) in [7, 11) is 0. The van der Waals surface area contributed by atoms with Crippen molar-refractivity contribution in [1.29, 1.82) is 5.26 Å². The number of nitriles is 1. The van der Waals surface area contributed by atoms with Crippen LogP contribution in [0.1, 0.15) is 25.0 Å². The van der Waals surface area contributed by atoms with Crippen molar-refractivity contribution in [3.05, 3.63) is 29.3 Å². The number of hydrogen-bond acceptors (Lipinski definition) is 5. The van der Waals surface area contributed by atoms with Gasteiger partial charge < -0.3 is 10.2 Å². The van der Waals surface area contributed by atoms with Gasteiger partial charge in [0.2, 0.25) is 11.8 Å². The molecule has 0 aliphatic carbocycles. The highest BCUT2D eigenvalue weighted by Gasteiger charge is 2.31. The third-order valence-corrected chi connectivity index (χ3v) is 3.49. The van der Waals surface area contributed by atoms with Crippen LogP contribution in [0.3, 0.4) is 0 Å². The van der Waals surface area contributed by atoms with Crippen LogP contribution in [0.5, 0.6) is 0 Å². The molecular weight excluding hydrogens is 268 g/mol. The summed E-state index contributed by atoms with van der Waals surface area (Å²) < 4.78 is 0. The van der Waals surface area contributed by atoms with E-state index < -0.39 is 6.04 Å². The number of benzene rings is 1. The maximum Gasteiger partial charge on any atom is 0.249 e. The summed E-state index contributed by atoms with van der Waals surface area (Å²) in [5, 5.41) is 14.8. The van der Waals surface area contributed by atoms with Crippen molar-refractivity contribution in [2.45, 2.75) is 26.4 Å². The Bertz CT molecular complexity index is 606. The van der Waals surface area contributed by atoms with Gasteiger partial charge in [-0.05, 0) is 31.2 Å². The molecule has 0 aromatic heterocycles. The van der Waals surface area contributed by atoms with Crippen molar-refractivity contribution in [2.75, 3.05) is 18.0 Å². The Kier molecular flexibility index (Phi) is 4.55. The second-order valence-corrected chi connectivity index (χ2v) is 4.96. The maximum atomic E-state index is 11.7. The molecule has 2 N–H and O–H groups in total. The van der Waals surface area contributed by atoms with Gasteiger partial charge in [-0.15, -0.1) is 0 Å². The largest absolute Gasteiger partial charge is 0.349 e. The molecule has 1 aromatic rings. The maximum absolute atomic E-state index is 11.7. The van der Waals surface area contributed by atoms with Gasteiger partial charge in [0.25, 0.3) is 0 Å². The Labute approximate surface area is 123 Å². The summed E-state index contributed by atoms with van der Waals surface area (Å²) in [6.45, 7) is 5.34. The van der Waals surface area contributed by atoms with Crippen LogP contribution in [0.4, 0.5) is 5.69 Å². The fraction of sp³-hybridized carbons (Fsp3) is 0.400. The third kappa shape index (κ3) is 3.20. The molecule has 0 bridgehead atoms. The molecule has 2 rings (SSSR count). The highest BCUT2D eigenvalue weighted by atomic mass is 16.2. The Balaban J connectivity index is 2.32. The van der Waals surface area contributed by atoms with Gasteiger partial charge in [-0.25, -0.2) is 0 Å². The topological polar surface area (TPSA) is 85.2 Å². The van der Waals surface area contributed by atoms with Crippen LogP contribution in [0.25, 0.3) is 0 Å². The van der Waals surface area contributed by atoms with Crippen molar-refractivity contribution >= 4 is 17.5 Å². The Morgan fingerprint density at radius 2 is 2.24 bits per heavy atom. The molecule has 6 nitrogen and oxygen atoms in total. The van der Waals surface area contributed by atoms with Crippen LogP contribution in [0.2, 0.25) is 0 Å². The van der Waals surface area contributed by atoms with E-state index in [-0.39, 0.29) is 18.4 Å². The van der Waals surface area contributed by atoms with Gasteiger partial charge in [-0.2, -0.15) is 5.26 Å². The molecule has 0 radical (unpaired) electrons. The lowest BCUT2D eigenvalue weighted by Crippen LogP contribution is -2.57. The molecular formula is C15H18N4O2. The molecule has 0 saturated carbocycles. The zero-order valence-corrected chi connectivity index (χ0v) is 12.1. The summed E-state index contributed by atoms with van der Waals surface area (Å²) >= 11 is 0. The van der Waals surface area contributed by atoms with Crippen LogP contribution in [0, 0.1) is 11.3 Å². The van der Waals surface area contributed by atoms with Gasteiger partial charge in [-0.1, -0.05) is 13.0 Å². The predicted octanol–water partition coefficient (Wildman–Crippen LogP) is 0.519. The van der Waals surface area contributed by atoms with Crippen molar-refractivity contribution in [1.82, 2.24) is 10.6 Å². The fourth-order valence-electron chi connectivity index (χ4n) is 2.31. The summed E-state index contributed by atoms with van der Waals surface area (Å²) in [4.78, 5) is 24.9. The molecule has 0 spiro atoms. The number of carbonyl (C=O) groups excluding carboxylic acids is 2. The molecule has 1 saturated heterocycles. The Morgan fingerprint density at radius 3 is 2.90 bits per heavy atom. The molecule has 1 unspecified atom stereocenters. The minimum atomic E-state index is -0.477. The van der Waals surface area contributed by atoms with Crippen LogP contribution in [-0.4, -0.2) is 30.9 Å². The SMILES string of the molecule is CCNCc1ccc(N2CC(=O)NC(=O)C2C)c(C#N)c1. The van der Waals surface area contributed by atoms with E-state index in [1.54, 1.807) is 24.0 Å². The standard InChI is InChI=1S/C15H18N4O2/c1-3-17-8-11-4-5-13(12(6-11)7-16)19-9-14(20)18-15(21)10(19)2/h4-6,10,17H,3,8-9H2,1-2H3,(H,18,20,21). The number of hydrogen-bond donors (Lipinski definition) is 2. The van der Waals surface area contributed by atoms with Gasteiger partial charge in [0.1, 0.15) is 12.1 Å². The van der Waals surface area contributed by atoms with E-state index in [0.717, 1.165) is 12.1 Å². The predicted molar refractivity (Wildman–Crippen MR) is 78.5 cm³/mol. The number of nitrogens with zero attached hydrogens (tertiary/aromatic N) is 2. The first-order valence-corrected chi connectivity index (χ1v) is 6.91. The number of nitrogens with one attached hydrogen (secondary N) is 2. The molecule has 6 heteroatoms. The van der Waals surface area contributed by atoms with Crippen LogP contribution in [-0.2, 0) is 16.1 Å².